The average Bonchev–Trinajstić information content (AvgIpc) is 2.71. The number of rotatable bonds is 3. The molecule has 0 heterocycles. The second kappa shape index (κ2) is 4.74. The third-order valence-electron chi connectivity index (χ3n) is 2.88. The zero-order chi connectivity index (χ0) is 11.5. The Morgan fingerprint density at radius 2 is 2.44 bits per heavy atom. The van der Waals surface area contributed by atoms with Crippen molar-refractivity contribution in [2.24, 2.45) is 0 Å². The van der Waals surface area contributed by atoms with E-state index in [0.29, 0.717) is 0 Å². The van der Waals surface area contributed by atoms with Crippen molar-refractivity contribution < 1.29 is 9.53 Å². The van der Waals surface area contributed by atoms with E-state index in [-0.39, 0.29) is 17.8 Å². The van der Waals surface area contributed by atoms with E-state index in [1.165, 1.54) is 11.1 Å². The summed E-state index contributed by atoms with van der Waals surface area (Å²) in [5.74, 6) is 0.764. The summed E-state index contributed by atoms with van der Waals surface area (Å²) >= 11 is 5.47. The third-order valence-corrected chi connectivity index (χ3v) is 3.13. The molecule has 1 atom stereocenters. The molecule has 2 rings (SSSR count). The summed E-state index contributed by atoms with van der Waals surface area (Å²) in [5, 5.41) is 2.91. The maximum absolute atomic E-state index is 11.2. The van der Waals surface area contributed by atoms with Crippen LogP contribution < -0.4 is 10.1 Å². The Kier molecular flexibility index (Phi) is 3.34. The molecule has 16 heavy (non-hydrogen) atoms. The summed E-state index contributed by atoms with van der Waals surface area (Å²) in [6.45, 7) is 0. The van der Waals surface area contributed by atoms with Crippen molar-refractivity contribution in [2.75, 3.05) is 13.0 Å². The van der Waals surface area contributed by atoms with Gasteiger partial charge in [-0.15, -0.1) is 11.6 Å². The number of hydrogen-bond acceptors (Lipinski definition) is 2. The van der Waals surface area contributed by atoms with Crippen molar-refractivity contribution in [3.63, 3.8) is 0 Å². The molecule has 0 fully saturated rings. The molecule has 0 bridgehead atoms. The summed E-state index contributed by atoms with van der Waals surface area (Å²) in [6, 6.07) is 6.07. The van der Waals surface area contributed by atoms with Gasteiger partial charge < -0.3 is 10.1 Å². The first-order valence-corrected chi connectivity index (χ1v) is 5.80. The van der Waals surface area contributed by atoms with Gasteiger partial charge in [0.15, 0.2) is 0 Å². The summed E-state index contributed by atoms with van der Waals surface area (Å²) in [5.41, 5.74) is 2.43. The van der Waals surface area contributed by atoms with Crippen LogP contribution in [0.15, 0.2) is 18.2 Å². The topological polar surface area (TPSA) is 38.3 Å². The van der Waals surface area contributed by atoms with Crippen molar-refractivity contribution in [2.45, 2.75) is 18.9 Å². The molecule has 1 aromatic rings. The summed E-state index contributed by atoms with van der Waals surface area (Å²) in [7, 11) is 1.66. The Morgan fingerprint density at radius 3 is 3.12 bits per heavy atom. The highest BCUT2D eigenvalue weighted by atomic mass is 35.5. The molecule has 4 heteroatoms. The first-order chi connectivity index (χ1) is 7.74. The number of hydrogen-bond donors (Lipinski definition) is 1. The number of alkyl halides is 1. The largest absolute Gasteiger partial charge is 0.497 e. The van der Waals surface area contributed by atoms with E-state index in [9.17, 15) is 4.79 Å². The van der Waals surface area contributed by atoms with Crippen LogP contribution in [0.1, 0.15) is 23.6 Å². The van der Waals surface area contributed by atoms with Gasteiger partial charge in [-0.1, -0.05) is 6.07 Å². The van der Waals surface area contributed by atoms with Crippen LogP contribution in [0.3, 0.4) is 0 Å². The van der Waals surface area contributed by atoms with E-state index < -0.39 is 0 Å². The molecule has 1 N–H and O–H groups in total. The van der Waals surface area contributed by atoms with Crippen molar-refractivity contribution in [1.82, 2.24) is 5.32 Å². The van der Waals surface area contributed by atoms with E-state index in [1.54, 1.807) is 7.11 Å². The molecule has 0 spiro atoms. The minimum atomic E-state index is -0.115. The molecule has 0 aromatic heterocycles. The van der Waals surface area contributed by atoms with Gasteiger partial charge in [0.05, 0.1) is 13.2 Å². The number of fused-ring (bicyclic) bond motifs is 1. The molecule has 0 saturated carbocycles. The van der Waals surface area contributed by atoms with Gasteiger partial charge in [-0.05, 0) is 36.1 Å². The zero-order valence-electron chi connectivity index (χ0n) is 9.13. The predicted octanol–water partition coefficient (Wildman–Crippen LogP) is 2.04. The van der Waals surface area contributed by atoms with Gasteiger partial charge in [0, 0.05) is 0 Å². The van der Waals surface area contributed by atoms with Crippen LogP contribution in [0.5, 0.6) is 5.75 Å². The van der Waals surface area contributed by atoms with Crippen LogP contribution in [0.4, 0.5) is 0 Å². The Labute approximate surface area is 99.7 Å². The van der Waals surface area contributed by atoms with E-state index in [0.717, 1.165) is 18.6 Å². The first-order valence-electron chi connectivity index (χ1n) is 5.26. The smallest absolute Gasteiger partial charge is 0.235 e. The van der Waals surface area contributed by atoms with Gasteiger partial charge in [0.1, 0.15) is 11.6 Å². The summed E-state index contributed by atoms with van der Waals surface area (Å²) < 4.78 is 5.17. The molecule has 0 radical (unpaired) electrons. The molecule has 86 valence electrons. The van der Waals surface area contributed by atoms with Gasteiger partial charge in [-0.25, -0.2) is 0 Å². The van der Waals surface area contributed by atoms with E-state index in [4.69, 9.17) is 16.3 Å². The number of carbonyl (C=O) groups excluding carboxylic acids is 1. The van der Waals surface area contributed by atoms with Crippen LogP contribution in [0.25, 0.3) is 0 Å². The SMILES string of the molecule is COc1ccc2c(c1)CC[C@@H]2NC(=O)CCl. The van der Waals surface area contributed by atoms with Crippen LogP contribution in [0.2, 0.25) is 0 Å². The molecular weight excluding hydrogens is 226 g/mol. The van der Waals surface area contributed by atoms with Gasteiger partial charge in [-0.3, -0.25) is 4.79 Å². The van der Waals surface area contributed by atoms with Gasteiger partial charge >= 0.3 is 0 Å². The van der Waals surface area contributed by atoms with Crippen molar-refractivity contribution >= 4 is 17.5 Å². The Morgan fingerprint density at radius 1 is 1.62 bits per heavy atom. The normalized spacial score (nSPS) is 18.0. The lowest BCUT2D eigenvalue weighted by atomic mass is 10.1. The molecule has 1 amide bonds. The van der Waals surface area contributed by atoms with Crippen molar-refractivity contribution in [1.29, 1.82) is 0 Å². The highest BCUT2D eigenvalue weighted by Gasteiger charge is 2.23. The first kappa shape index (κ1) is 11.3. The molecule has 3 nitrogen and oxygen atoms in total. The number of nitrogens with one attached hydrogen (secondary N) is 1. The van der Waals surface area contributed by atoms with Crippen molar-refractivity contribution in [3.05, 3.63) is 29.3 Å². The maximum atomic E-state index is 11.2. The second-order valence-corrected chi connectivity index (χ2v) is 4.12. The Balaban J connectivity index is 2.17. The molecule has 0 saturated heterocycles. The second-order valence-electron chi connectivity index (χ2n) is 3.86. The monoisotopic (exact) mass is 239 g/mol. The van der Waals surface area contributed by atoms with Crippen LogP contribution in [-0.4, -0.2) is 18.9 Å². The standard InChI is InChI=1S/C12H14ClNO2/c1-16-9-3-4-10-8(6-9)2-5-11(10)14-12(15)7-13/h3-4,6,11H,2,5,7H2,1H3,(H,14,15)/t11-/m0/s1. The van der Waals surface area contributed by atoms with Crippen LogP contribution in [0, 0.1) is 0 Å². The fraction of sp³-hybridized carbons (Fsp3) is 0.417. The summed E-state index contributed by atoms with van der Waals surface area (Å²) in [4.78, 5) is 11.2. The van der Waals surface area contributed by atoms with E-state index in [1.807, 2.05) is 18.2 Å². The number of aryl methyl sites for hydroxylation is 1. The summed E-state index contributed by atoms with van der Waals surface area (Å²) in [6.07, 6.45) is 1.91. The van der Waals surface area contributed by atoms with Crippen molar-refractivity contribution in [3.8, 4) is 5.75 Å². The highest BCUT2D eigenvalue weighted by molar-refractivity contribution is 6.27. The van der Waals surface area contributed by atoms with Gasteiger partial charge in [0.2, 0.25) is 5.91 Å². The molecule has 1 aliphatic rings. The number of ether oxygens (including phenoxy) is 1. The molecule has 1 aromatic carbocycles. The number of carbonyl (C=O) groups is 1. The van der Waals surface area contributed by atoms with Gasteiger partial charge in [0.25, 0.3) is 0 Å². The predicted molar refractivity (Wildman–Crippen MR) is 62.9 cm³/mol. The fourth-order valence-corrected chi connectivity index (χ4v) is 2.18. The van der Waals surface area contributed by atoms with Gasteiger partial charge in [-0.2, -0.15) is 0 Å². The minimum Gasteiger partial charge on any atom is -0.497 e. The average molecular weight is 240 g/mol. The Bertz CT molecular complexity index is 406. The molecular formula is C12H14ClNO2. The highest BCUT2D eigenvalue weighted by Crippen LogP contribution is 2.33. The number of benzene rings is 1. The van der Waals surface area contributed by atoms with Crippen LogP contribution in [-0.2, 0) is 11.2 Å². The number of methoxy groups -OCH3 is 1. The Hall–Kier alpha value is -1.22. The van der Waals surface area contributed by atoms with E-state index in [2.05, 4.69) is 5.32 Å². The van der Waals surface area contributed by atoms with E-state index >= 15 is 0 Å². The maximum Gasteiger partial charge on any atom is 0.235 e. The molecule has 1 aliphatic carbocycles. The molecule has 0 aliphatic heterocycles. The fourth-order valence-electron chi connectivity index (χ4n) is 2.10. The minimum absolute atomic E-state index is 0.0159. The number of amides is 1. The lowest BCUT2D eigenvalue weighted by molar-refractivity contribution is -0.119. The zero-order valence-corrected chi connectivity index (χ0v) is 9.88. The number of halogens is 1. The molecule has 0 unspecified atom stereocenters. The third kappa shape index (κ3) is 2.14. The lowest BCUT2D eigenvalue weighted by Gasteiger charge is -2.13. The quantitative estimate of drug-likeness (QED) is 0.820. The lowest BCUT2D eigenvalue weighted by Crippen LogP contribution is -2.27. The van der Waals surface area contributed by atoms with Crippen LogP contribution >= 0.6 is 11.6 Å².